The van der Waals surface area contributed by atoms with E-state index in [2.05, 4.69) is 29.3 Å². The van der Waals surface area contributed by atoms with E-state index >= 15 is 0 Å². The van der Waals surface area contributed by atoms with Crippen molar-refractivity contribution in [2.24, 2.45) is 5.92 Å². The summed E-state index contributed by atoms with van der Waals surface area (Å²) in [5.74, 6) is 0.893. The fourth-order valence-corrected chi connectivity index (χ4v) is 3.16. The van der Waals surface area contributed by atoms with E-state index in [1.54, 1.807) is 24.5 Å². The molecule has 4 rings (SSSR count). The van der Waals surface area contributed by atoms with Crippen molar-refractivity contribution in [1.82, 2.24) is 15.5 Å². The standard InChI is InChI=1S/C23H23N3O3/c1-14(2)10-11-24-22(27)17-13-18(19-5-4-12-28-19)25-23-20(17)21(26-29-23)16-8-6-15(3)7-9-16/h4-9,12-14H,10-11H2,1-3H3,(H,24,27). The average molecular weight is 389 g/mol. The van der Waals surface area contributed by atoms with Gasteiger partial charge >= 0.3 is 0 Å². The van der Waals surface area contributed by atoms with Crippen molar-refractivity contribution in [2.45, 2.75) is 27.2 Å². The minimum atomic E-state index is -0.178. The number of carbonyl (C=O) groups is 1. The predicted molar refractivity (Wildman–Crippen MR) is 111 cm³/mol. The lowest BCUT2D eigenvalue weighted by atomic mass is 10.0. The van der Waals surface area contributed by atoms with Crippen LogP contribution in [-0.2, 0) is 0 Å². The number of aryl methyl sites for hydroxylation is 1. The molecule has 0 radical (unpaired) electrons. The molecule has 0 aliphatic heterocycles. The molecule has 0 saturated heterocycles. The smallest absolute Gasteiger partial charge is 0.259 e. The highest BCUT2D eigenvalue weighted by atomic mass is 16.5. The summed E-state index contributed by atoms with van der Waals surface area (Å²) in [6.45, 7) is 6.87. The summed E-state index contributed by atoms with van der Waals surface area (Å²) in [6.07, 6.45) is 2.47. The molecule has 0 aliphatic carbocycles. The molecule has 3 aromatic heterocycles. The van der Waals surface area contributed by atoms with E-state index in [1.165, 1.54) is 0 Å². The molecule has 6 heteroatoms. The summed E-state index contributed by atoms with van der Waals surface area (Å²) >= 11 is 0. The van der Waals surface area contributed by atoms with Crippen LogP contribution in [0.5, 0.6) is 0 Å². The van der Waals surface area contributed by atoms with Gasteiger partial charge < -0.3 is 14.3 Å². The molecule has 4 aromatic rings. The molecule has 1 aromatic carbocycles. The SMILES string of the molecule is Cc1ccc(-c2noc3nc(-c4ccco4)cc(C(=O)NCCC(C)C)c23)cc1. The Morgan fingerprint density at radius 3 is 2.66 bits per heavy atom. The van der Waals surface area contributed by atoms with Crippen LogP contribution >= 0.6 is 0 Å². The van der Waals surface area contributed by atoms with Crippen LogP contribution in [0.2, 0.25) is 0 Å². The number of nitrogens with one attached hydrogen (secondary N) is 1. The maximum absolute atomic E-state index is 13.1. The van der Waals surface area contributed by atoms with Crippen molar-refractivity contribution in [3.8, 4) is 22.7 Å². The van der Waals surface area contributed by atoms with E-state index in [-0.39, 0.29) is 5.91 Å². The van der Waals surface area contributed by atoms with E-state index in [1.807, 2.05) is 31.2 Å². The van der Waals surface area contributed by atoms with Gasteiger partial charge in [0.1, 0.15) is 11.4 Å². The lowest BCUT2D eigenvalue weighted by molar-refractivity contribution is 0.0953. The van der Waals surface area contributed by atoms with E-state index in [9.17, 15) is 4.79 Å². The second-order valence-corrected chi connectivity index (χ2v) is 7.55. The minimum Gasteiger partial charge on any atom is -0.463 e. The molecule has 0 aliphatic rings. The van der Waals surface area contributed by atoms with Crippen LogP contribution in [0.1, 0.15) is 36.2 Å². The summed E-state index contributed by atoms with van der Waals surface area (Å²) in [4.78, 5) is 17.6. The molecule has 29 heavy (non-hydrogen) atoms. The number of hydrogen-bond acceptors (Lipinski definition) is 5. The monoisotopic (exact) mass is 389 g/mol. The van der Waals surface area contributed by atoms with Crippen molar-refractivity contribution in [2.75, 3.05) is 6.54 Å². The third kappa shape index (κ3) is 3.92. The zero-order valence-corrected chi connectivity index (χ0v) is 16.7. The van der Waals surface area contributed by atoms with Gasteiger partial charge in [-0.25, -0.2) is 4.98 Å². The van der Waals surface area contributed by atoms with Crippen molar-refractivity contribution >= 4 is 17.0 Å². The normalized spacial score (nSPS) is 11.3. The molecule has 148 valence electrons. The maximum atomic E-state index is 13.1. The Balaban J connectivity index is 1.83. The second-order valence-electron chi connectivity index (χ2n) is 7.55. The zero-order valence-electron chi connectivity index (χ0n) is 16.7. The van der Waals surface area contributed by atoms with E-state index in [0.717, 1.165) is 17.5 Å². The number of furan rings is 1. The highest BCUT2D eigenvalue weighted by Gasteiger charge is 2.22. The lowest BCUT2D eigenvalue weighted by Gasteiger charge is -2.09. The number of aromatic nitrogens is 2. The van der Waals surface area contributed by atoms with Crippen molar-refractivity contribution in [1.29, 1.82) is 0 Å². The van der Waals surface area contributed by atoms with Gasteiger partial charge in [0.05, 0.1) is 17.2 Å². The average Bonchev–Trinajstić information content (AvgIpc) is 3.37. The van der Waals surface area contributed by atoms with Crippen LogP contribution in [0.15, 0.2) is 57.7 Å². The Labute approximate surface area is 168 Å². The van der Waals surface area contributed by atoms with Gasteiger partial charge in [-0.15, -0.1) is 0 Å². The van der Waals surface area contributed by atoms with Crippen LogP contribution in [-0.4, -0.2) is 22.6 Å². The number of pyridine rings is 1. The van der Waals surface area contributed by atoms with Crippen molar-refractivity contribution in [3.05, 3.63) is 59.9 Å². The number of amides is 1. The van der Waals surface area contributed by atoms with Crippen molar-refractivity contribution < 1.29 is 13.7 Å². The van der Waals surface area contributed by atoms with Gasteiger partial charge in [-0.2, -0.15) is 0 Å². The molecule has 0 bridgehead atoms. The van der Waals surface area contributed by atoms with Gasteiger partial charge in [0.15, 0.2) is 5.76 Å². The summed E-state index contributed by atoms with van der Waals surface area (Å²) < 4.78 is 11.0. The molecule has 1 N–H and O–H groups in total. The van der Waals surface area contributed by atoms with Crippen LogP contribution in [0.4, 0.5) is 0 Å². The van der Waals surface area contributed by atoms with Gasteiger partial charge in [0.2, 0.25) is 0 Å². The summed E-state index contributed by atoms with van der Waals surface area (Å²) in [7, 11) is 0. The lowest BCUT2D eigenvalue weighted by Crippen LogP contribution is -2.25. The van der Waals surface area contributed by atoms with Crippen LogP contribution in [0.25, 0.3) is 33.8 Å². The number of hydrogen-bond donors (Lipinski definition) is 1. The molecule has 0 fully saturated rings. The Kier molecular flexibility index (Phi) is 5.16. The third-order valence-corrected chi connectivity index (χ3v) is 4.80. The maximum Gasteiger partial charge on any atom is 0.259 e. The van der Waals surface area contributed by atoms with E-state index in [4.69, 9.17) is 8.94 Å². The predicted octanol–water partition coefficient (Wildman–Crippen LogP) is 5.23. The van der Waals surface area contributed by atoms with Crippen LogP contribution < -0.4 is 5.32 Å². The zero-order chi connectivity index (χ0) is 20.4. The van der Waals surface area contributed by atoms with Gasteiger partial charge in [-0.05, 0) is 37.5 Å². The van der Waals surface area contributed by atoms with Gasteiger partial charge in [-0.3, -0.25) is 4.79 Å². The molecule has 0 atom stereocenters. The summed E-state index contributed by atoms with van der Waals surface area (Å²) in [6, 6.07) is 13.3. The summed E-state index contributed by atoms with van der Waals surface area (Å²) in [5, 5.41) is 7.83. The Bertz CT molecular complexity index is 1130. The molecule has 3 heterocycles. The van der Waals surface area contributed by atoms with Crippen LogP contribution in [0.3, 0.4) is 0 Å². The Morgan fingerprint density at radius 2 is 1.97 bits per heavy atom. The van der Waals surface area contributed by atoms with Gasteiger partial charge in [0.25, 0.3) is 11.6 Å². The van der Waals surface area contributed by atoms with Crippen molar-refractivity contribution in [3.63, 3.8) is 0 Å². The molecular weight excluding hydrogens is 366 g/mol. The third-order valence-electron chi connectivity index (χ3n) is 4.80. The molecule has 6 nitrogen and oxygen atoms in total. The fourth-order valence-electron chi connectivity index (χ4n) is 3.16. The molecular formula is C23H23N3O3. The molecule has 0 unspecified atom stereocenters. The Morgan fingerprint density at radius 1 is 1.17 bits per heavy atom. The van der Waals surface area contributed by atoms with Gasteiger partial charge in [-0.1, -0.05) is 48.8 Å². The largest absolute Gasteiger partial charge is 0.463 e. The number of rotatable bonds is 6. The first-order valence-corrected chi connectivity index (χ1v) is 9.72. The van der Waals surface area contributed by atoms with E-state index < -0.39 is 0 Å². The fraction of sp³-hybridized carbons (Fsp3) is 0.261. The highest BCUT2D eigenvalue weighted by molar-refractivity contribution is 6.10. The minimum absolute atomic E-state index is 0.178. The number of fused-ring (bicyclic) bond motifs is 1. The summed E-state index contributed by atoms with van der Waals surface area (Å²) in [5.41, 5.74) is 3.94. The number of carbonyl (C=O) groups excluding carboxylic acids is 1. The number of nitrogens with zero attached hydrogens (tertiary/aromatic N) is 2. The number of benzene rings is 1. The highest BCUT2D eigenvalue weighted by Crippen LogP contribution is 2.33. The van der Waals surface area contributed by atoms with Gasteiger partial charge in [0, 0.05) is 12.1 Å². The quantitative estimate of drug-likeness (QED) is 0.488. The Hall–Kier alpha value is -3.41. The molecule has 1 amide bonds. The first-order chi connectivity index (χ1) is 14.0. The topological polar surface area (TPSA) is 81.2 Å². The van der Waals surface area contributed by atoms with Crippen LogP contribution in [0, 0.1) is 12.8 Å². The first kappa shape index (κ1) is 18.9. The first-order valence-electron chi connectivity index (χ1n) is 9.72. The van der Waals surface area contributed by atoms with E-state index in [0.29, 0.717) is 46.3 Å². The second kappa shape index (κ2) is 7.91. The molecule has 0 spiro atoms. The molecule has 0 saturated carbocycles.